The number of fused-ring (bicyclic) bond motifs is 1. The minimum atomic E-state index is -0.344. The van der Waals surface area contributed by atoms with E-state index in [9.17, 15) is 4.39 Å². The minimum absolute atomic E-state index is 0.260. The lowest BCUT2D eigenvalue weighted by Gasteiger charge is -2.13. The Morgan fingerprint density at radius 3 is 2.90 bits per heavy atom. The molecule has 2 aromatic carbocycles. The number of hydrogen-bond acceptors (Lipinski definition) is 3. The number of halogens is 1. The van der Waals surface area contributed by atoms with Gasteiger partial charge in [0.25, 0.3) is 0 Å². The number of benzene rings is 2. The summed E-state index contributed by atoms with van der Waals surface area (Å²) < 4.78 is 18.4. The van der Waals surface area contributed by atoms with Crippen LogP contribution in [0.15, 0.2) is 36.4 Å². The number of hydrogen-bond donors (Lipinski definition) is 1. The third-order valence-electron chi connectivity index (χ3n) is 3.92. The number of rotatable bonds is 4. The van der Waals surface area contributed by atoms with Crippen LogP contribution in [0.1, 0.15) is 11.1 Å². The van der Waals surface area contributed by atoms with Gasteiger partial charge in [-0.2, -0.15) is 0 Å². The predicted molar refractivity (Wildman–Crippen MR) is 83.7 cm³/mol. The fourth-order valence-electron chi connectivity index (χ4n) is 2.70. The molecule has 1 N–H and O–H groups in total. The smallest absolute Gasteiger partial charge is 0.165 e. The molecule has 4 heteroatoms. The third kappa shape index (κ3) is 2.79. The van der Waals surface area contributed by atoms with Crippen molar-refractivity contribution in [2.75, 3.05) is 30.9 Å². The van der Waals surface area contributed by atoms with Crippen LogP contribution in [-0.4, -0.2) is 20.7 Å². The Morgan fingerprint density at radius 1 is 1.24 bits per heavy atom. The Hall–Kier alpha value is -2.23. The molecule has 0 atom stereocenters. The summed E-state index contributed by atoms with van der Waals surface area (Å²) in [7, 11) is 3.59. The van der Waals surface area contributed by atoms with Crippen molar-refractivity contribution in [2.45, 2.75) is 13.0 Å². The molecule has 0 aliphatic carbocycles. The van der Waals surface area contributed by atoms with E-state index in [1.165, 1.54) is 30.0 Å². The van der Waals surface area contributed by atoms with Crippen molar-refractivity contribution in [1.82, 2.24) is 0 Å². The number of ether oxygens (including phenoxy) is 1. The van der Waals surface area contributed by atoms with Crippen molar-refractivity contribution in [3.63, 3.8) is 0 Å². The van der Waals surface area contributed by atoms with Gasteiger partial charge < -0.3 is 15.0 Å². The van der Waals surface area contributed by atoms with Gasteiger partial charge in [-0.05, 0) is 35.7 Å². The zero-order valence-electron chi connectivity index (χ0n) is 12.3. The van der Waals surface area contributed by atoms with E-state index < -0.39 is 0 Å². The summed E-state index contributed by atoms with van der Waals surface area (Å²) in [5.74, 6) is -0.0841. The number of nitrogens with zero attached hydrogens (tertiary/aromatic N) is 1. The molecule has 0 unspecified atom stereocenters. The van der Waals surface area contributed by atoms with Gasteiger partial charge in [-0.3, -0.25) is 0 Å². The molecule has 0 bridgehead atoms. The second-order valence-corrected chi connectivity index (χ2v) is 5.34. The number of nitrogens with one attached hydrogen (secondary N) is 1. The van der Waals surface area contributed by atoms with Gasteiger partial charge in [0, 0.05) is 37.6 Å². The SMILES string of the molecule is COc1cc(NCc2ccc3c(c2)CCN3C)ccc1F. The van der Waals surface area contributed by atoms with Crippen molar-refractivity contribution in [2.24, 2.45) is 0 Å². The largest absolute Gasteiger partial charge is 0.494 e. The van der Waals surface area contributed by atoms with Crippen LogP contribution >= 0.6 is 0 Å². The standard InChI is InChI=1S/C17H19FN2O/c1-20-8-7-13-9-12(3-6-16(13)20)11-19-14-4-5-15(18)17(10-14)21-2/h3-6,9-10,19H,7-8,11H2,1-2H3. The molecule has 2 aromatic rings. The molecule has 1 heterocycles. The van der Waals surface area contributed by atoms with E-state index >= 15 is 0 Å². The van der Waals surface area contributed by atoms with Crippen LogP contribution in [0.3, 0.4) is 0 Å². The Bertz CT molecular complexity index is 657. The lowest BCUT2D eigenvalue weighted by Crippen LogP contribution is -2.12. The molecule has 0 fully saturated rings. The first kappa shape index (κ1) is 13.7. The molecule has 0 radical (unpaired) electrons. The van der Waals surface area contributed by atoms with E-state index in [-0.39, 0.29) is 11.6 Å². The summed E-state index contributed by atoms with van der Waals surface area (Å²) in [6.45, 7) is 1.80. The van der Waals surface area contributed by atoms with Gasteiger partial charge in [0.15, 0.2) is 11.6 Å². The van der Waals surface area contributed by atoms with Gasteiger partial charge in [-0.25, -0.2) is 4.39 Å². The van der Waals surface area contributed by atoms with Crippen molar-refractivity contribution < 1.29 is 9.13 Å². The van der Waals surface area contributed by atoms with Crippen LogP contribution in [0.4, 0.5) is 15.8 Å². The van der Waals surface area contributed by atoms with Gasteiger partial charge >= 0.3 is 0 Å². The molecule has 21 heavy (non-hydrogen) atoms. The molecule has 1 aliphatic rings. The molecule has 110 valence electrons. The lowest BCUT2D eigenvalue weighted by molar-refractivity contribution is 0.387. The van der Waals surface area contributed by atoms with Crippen molar-refractivity contribution in [3.8, 4) is 5.75 Å². The van der Waals surface area contributed by atoms with E-state index in [1.807, 2.05) is 0 Å². The Labute approximate surface area is 124 Å². The fourth-order valence-corrected chi connectivity index (χ4v) is 2.70. The molecule has 3 nitrogen and oxygen atoms in total. The van der Waals surface area contributed by atoms with Crippen LogP contribution in [0.2, 0.25) is 0 Å². The van der Waals surface area contributed by atoms with E-state index in [0.29, 0.717) is 6.54 Å². The van der Waals surface area contributed by atoms with Crippen LogP contribution in [0.25, 0.3) is 0 Å². The molecule has 0 amide bonds. The van der Waals surface area contributed by atoms with Crippen LogP contribution in [0.5, 0.6) is 5.75 Å². The van der Waals surface area contributed by atoms with Gasteiger partial charge in [0.1, 0.15) is 0 Å². The Kier molecular flexibility index (Phi) is 3.69. The summed E-state index contributed by atoms with van der Waals surface area (Å²) in [6.07, 6.45) is 1.10. The van der Waals surface area contributed by atoms with Crippen molar-refractivity contribution in [3.05, 3.63) is 53.3 Å². The Balaban J connectivity index is 1.71. The number of anilines is 2. The molecule has 0 saturated heterocycles. The maximum absolute atomic E-state index is 13.4. The summed E-state index contributed by atoms with van der Waals surface area (Å²) in [5, 5.41) is 3.30. The minimum Gasteiger partial charge on any atom is -0.494 e. The van der Waals surface area contributed by atoms with Crippen LogP contribution in [0, 0.1) is 5.82 Å². The average Bonchev–Trinajstić information content (AvgIpc) is 2.87. The first-order valence-electron chi connectivity index (χ1n) is 7.08. The van der Waals surface area contributed by atoms with Crippen LogP contribution in [-0.2, 0) is 13.0 Å². The predicted octanol–water partition coefficient (Wildman–Crippen LogP) is 3.44. The first-order valence-corrected chi connectivity index (χ1v) is 7.08. The second kappa shape index (κ2) is 5.64. The molecular formula is C17H19FN2O. The van der Waals surface area contributed by atoms with Gasteiger partial charge in [0.05, 0.1) is 7.11 Å². The van der Waals surface area contributed by atoms with E-state index in [1.54, 1.807) is 12.1 Å². The normalized spacial score (nSPS) is 13.2. The first-order chi connectivity index (χ1) is 10.2. The summed E-state index contributed by atoms with van der Waals surface area (Å²) in [6, 6.07) is 11.4. The monoisotopic (exact) mass is 286 g/mol. The summed E-state index contributed by atoms with van der Waals surface area (Å²) >= 11 is 0. The quantitative estimate of drug-likeness (QED) is 0.932. The molecule has 1 aliphatic heterocycles. The highest BCUT2D eigenvalue weighted by atomic mass is 19.1. The van der Waals surface area contributed by atoms with Gasteiger partial charge in [-0.15, -0.1) is 0 Å². The van der Waals surface area contributed by atoms with Gasteiger partial charge in [-0.1, -0.05) is 12.1 Å². The highest BCUT2D eigenvalue weighted by Crippen LogP contribution is 2.28. The summed E-state index contributed by atoms with van der Waals surface area (Å²) in [5.41, 5.74) is 4.80. The van der Waals surface area contributed by atoms with Crippen molar-refractivity contribution >= 4 is 11.4 Å². The maximum Gasteiger partial charge on any atom is 0.165 e. The number of likely N-dealkylation sites (N-methyl/N-ethyl adjacent to an activating group) is 1. The van der Waals surface area contributed by atoms with Crippen molar-refractivity contribution in [1.29, 1.82) is 0 Å². The molecule has 0 spiro atoms. The lowest BCUT2D eigenvalue weighted by atomic mass is 10.1. The number of methoxy groups -OCH3 is 1. The van der Waals surface area contributed by atoms with E-state index in [0.717, 1.165) is 18.7 Å². The Morgan fingerprint density at radius 2 is 2.10 bits per heavy atom. The topological polar surface area (TPSA) is 24.5 Å². The highest BCUT2D eigenvalue weighted by Gasteiger charge is 2.15. The third-order valence-corrected chi connectivity index (χ3v) is 3.92. The molecule has 0 saturated carbocycles. The summed E-state index contributed by atoms with van der Waals surface area (Å²) in [4.78, 5) is 2.28. The average molecular weight is 286 g/mol. The maximum atomic E-state index is 13.4. The zero-order chi connectivity index (χ0) is 14.8. The van der Waals surface area contributed by atoms with E-state index in [4.69, 9.17) is 4.74 Å². The molecule has 0 aromatic heterocycles. The zero-order valence-corrected chi connectivity index (χ0v) is 12.3. The van der Waals surface area contributed by atoms with Gasteiger partial charge in [0.2, 0.25) is 0 Å². The molecular weight excluding hydrogens is 267 g/mol. The molecule has 3 rings (SSSR count). The van der Waals surface area contributed by atoms with E-state index in [2.05, 4.69) is 35.5 Å². The second-order valence-electron chi connectivity index (χ2n) is 5.34. The highest BCUT2D eigenvalue weighted by molar-refractivity contribution is 5.59. The van der Waals surface area contributed by atoms with Crippen LogP contribution < -0.4 is 15.0 Å². The fraction of sp³-hybridized carbons (Fsp3) is 0.294.